The van der Waals surface area contributed by atoms with Crippen LogP contribution >= 0.6 is 0 Å². The summed E-state index contributed by atoms with van der Waals surface area (Å²) >= 11 is 0. The number of ether oxygens (including phenoxy) is 6. The molecule has 2 aromatic rings. The smallest absolute Gasteiger partial charge is 0.406 e. The molecule has 0 atom stereocenters. The van der Waals surface area contributed by atoms with E-state index >= 15 is 0 Å². The van der Waals surface area contributed by atoms with Gasteiger partial charge in [-0.15, -0.1) is 0 Å². The van der Waals surface area contributed by atoms with Gasteiger partial charge in [-0.05, 0) is 44.2 Å². The van der Waals surface area contributed by atoms with E-state index in [4.69, 9.17) is 9.47 Å². The second-order valence-electron chi connectivity index (χ2n) is 8.35. The first-order chi connectivity index (χ1) is 23.6. The summed E-state index contributed by atoms with van der Waals surface area (Å²) in [7, 11) is 1.26. The van der Waals surface area contributed by atoms with E-state index in [1.807, 2.05) is 80.6 Å². The maximum Gasteiger partial charge on any atom is 0.406 e. The molecule has 1 amide bonds. The second-order valence-corrected chi connectivity index (χ2v) is 8.35. The van der Waals surface area contributed by atoms with Crippen molar-refractivity contribution in [1.82, 2.24) is 5.32 Å². The minimum absolute atomic E-state index is 0.112. The van der Waals surface area contributed by atoms with Gasteiger partial charge in [0, 0.05) is 18.1 Å². The Morgan fingerprint density at radius 1 is 0.755 bits per heavy atom. The van der Waals surface area contributed by atoms with Gasteiger partial charge in [0.05, 0.1) is 26.9 Å². The summed E-state index contributed by atoms with van der Waals surface area (Å²) in [6.07, 6.45) is 5.58. The molecule has 0 aliphatic heterocycles. The third-order valence-electron chi connectivity index (χ3n) is 4.62. The van der Waals surface area contributed by atoms with Crippen LogP contribution in [-0.4, -0.2) is 64.5 Å². The number of rotatable bonds is 16. The van der Waals surface area contributed by atoms with E-state index in [0.717, 1.165) is 11.8 Å². The minimum Gasteiger partial charge on any atom is -0.493 e. The fourth-order valence-corrected chi connectivity index (χ4v) is 2.40. The molecule has 0 unspecified atom stereocenters. The minimum atomic E-state index is -0.550. The lowest BCUT2D eigenvalue weighted by Crippen LogP contribution is -2.27. The van der Waals surface area contributed by atoms with Crippen molar-refractivity contribution < 1.29 is 52.4 Å². The van der Waals surface area contributed by atoms with Crippen molar-refractivity contribution in [3.63, 3.8) is 0 Å². The topological polar surface area (TPSA) is 153 Å². The molecule has 0 saturated heterocycles. The van der Waals surface area contributed by atoms with Crippen LogP contribution in [0.5, 0.6) is 5.75 Å². The highest BCUT2D eigenvalue weighted by atomic mass is 16.5. The van der Waals surface area contributed by atoms with Crippen molar-refractivity contribution in [1.29, 1.82) is 0 Å². The number of carbonyl (C=O) groups excluding carboxylic acids is 5. The molecule has 0 fully saturated rings. The molecule has 0 bridgehead atoms. The highest BCUT2D eigenvalue weighted by molar-refractivity contribution is 5.86. The number of hydrogen-bond acceptors (Lipinski definition) is 11. The number of carbonyl (C=O) groups is 5. The third kappa shape index (κ3) is 34.8. The van der Waals surface area contributed by atoms with Gasteiger partial charge in [0.15, 0.2) is 0 Å². The second kappa shape index (κ2) is 36.6. The first-order valence-corrected chi connectivity index (χ1v) is 15.0. The van der Waals surface area contributed by atoms with Crippen LogP contribution < -0.4 is 10.1 Å². The zero-order valence-electron chi connectivity index (χ0n) is 29.0. The molecule has 1 N–H and O–H groups in total. The average Bonchev–Trinajstić information content (AvgIpc) is 3.14. The molecule has 2 rings (SSSR count). The largest absolute Gasteiger partial charge is 0.493 e. The van der Waals surface area contributed by atoms with Gasteiger partial charge in [-0.1, -0.05) is 88.2 Å². The molecule has 12 heteroatoms. The Morgan fingerprint density at radius 2 is 1.31 bits per heavy atom. The number of amides is 1. The SMILES string of the molecule is C=C(C)C(=O)OCCNC(=O)OC.C=C/C(=C\C=C(/C)OC=O)OC=O.C=CC(=O)OCCCOc1ccccc1.CC.c1ccccc1. The summed E-state index contributed by atoms with van der Waals surface area (Å²) in [6.45, 7) is 19.1. The Morgan fingerprint density at radius 3 is 1.78 bits per heavy atom. The van der Waals surface area contributed by atoms with Gasteiger partial charge in [-0.3, -0.25) is 9.59 Å². The van der Waals surface area contributed by atoms with Crippen molar-refractivity contribution in [2.75, 3.05) is 33.5 Å². The summed E-state index contributed by atoms with van der Waals surface area (Å²) in [5, 5.41) is 2.36. The van der Waals surface area contributed by atoms with Crippen molar-refractivity contribution in [3.05, 3.63) is 128 Å². The maximum atomic E-state index is 10.8. The normalized spacial score (nSPS) is 9.41. The lowest BCUT2D eigenvalue weighted by molar-refractivity contribution is -0.139. The number of nitrogens with one attached hydrogen (secondary N) is 1. The van der Waals surface area contributed by atoms with Crippen LogP contribution in [0, 0.1) is 0 Å². The van der Waals surface area contributed by atoms with Crippen molar-refractivity contribution >= 4 is 31.0 Å². The number of esters is 2. The number of methoxy groups -OCH3 is 1. The van der Waals surface area contributed by atoms with E-state index in [0.29, 0.717) is 37.4 Å². The van der Waals surface area contributed by atoms with Crippen LogP contribution in [0.4, 0.5) is 4.79 Å². The van der Waals surface area contributed by atoms with Gasteiger partial charge in [0.25, 0.3) is 12.9 Å². The third-order valence-corrected chi connectivity index (χ3v) is 4.62. The summed E-state index contributed by atoms with van der Waals surface area (Å²) in [5.74, 6) is 0.640. The fourth-order valence-electron chi connectivity index (χ4n) is 2.40. The number of para-hydroxylation sites is 1. The molecule has 0 saturated carbocycles. The van der Waals surface area contributed by atoms with Crippen molar-refractivity contribution in [2.24, 2.45) is 0 Å². The van der Waals surface area contributed by atoms with E-state index in [1.165, 1.54) is 25.3 Å². The maximum absolute atomic E-state index is 10.8. The van der Waals surface area contributed by atoms with Gasteiger partial charge >= 0.3 is 18.0 Å². The van der Waals surface area contributed by atoms with Gasteiger partial charge in [-0.2, -0.15) is 0 Å². The van der Waals surface area contributed by atoms with E-state index in [2.05, 4.69) is 44.0 Å². The predicted molar refractivity (Wildman–Crippen MR) is 188 cm³/mol. The molecule has 0 radical (unpaired) electrons. The van der Waals surface area contributed by atoms with Crippen molar-refractivity contribution in [2.45, 2.75) is 34.1 Å². The van der Waals surface area contributed by atoms with Crippen molar-refractivity contribution in [3.8, 4) is 5.75 Å². The number of benzene rings is 2. The van der Waals surface area contributed by atoms with E-state index in [1.54, 1.807) is 13.8 Å². The zero-order chi connectivity index (χ0) is 37.5. The molecule has 0 aliphatic rings. The van der Waals surface area contributed by atoms with Crippen LogP contribution in [0.15, 0.2) is 128 Å². The Bertz CT molecular complexity index is 1230. The predicted octanol–water partition coefficient (Wildman–Crippen LogP) is 6.67. The Balaban J connectivity index is -0.000000584. The highest BCUT2D eigenvalue weighted by Crippen LogP contribution is 2.08. The van der Waals surface area contributed by atoms with Crippen LogP contribution in [0.3, 0.4) is 0 Å². The first-order valence-electron chi connectivity index (χ1n) is 15.0. The molecule has 268 valence electrons. The Labute approximate surface area is 289 Å². The van der Waals surface area contributed by atoms with E-state index in [-0.39, 0.29) is 25.4 Å². The standard InChI is InChI=1S/C12H14O3.C9H10O4.C8H13NO4.C6H6.C2H6/c1-2-12(13)15-10-6-9-14-11-7-4-3-5-8-11;1-3-9(13-7-11)5-4-8(2)12-6-10;1-6(2)7(10)13-5-4-9-8(11)12-3;1-2-4-6-5-3-1;1-2/h2-5,7-8H,1,6,9-10H2;3-7H,1H2,2H3;1,4-5H2,2-3H3,(H,9,11);1-6H;1-2H3/b;8-4+,9-5+;;;. The van der Waals surface area contributed by atoms with Crippen LogP contribution in [0.1, 0.15) is 34.1 Å². The summed E-state index contributed by atoms with van der Waals surface area (Å²) in [5.41, 5.74) is 0.332. The fraction of sp³-hybridized carbons (Fsp3) is 0.270. The van der Waals surface area contributed by atoms with Gasteiger partial charge in [-0.25, -0.2) is 14.4 Å². The van der Waals surface area contributed by atoms with Crippen LogP contribution in [0.25, 0.3) is 0 Å². The monoisotopic (exact) mass is 683 g/mol. The lowest BCUT2D eigenvalue weighted by atomic mass is 10.3. The molecule has 0 aliphatic carbocycles. The zero-order valence-corrected chi connectivity index (χ0v) is 29.0. The summed E-state index contributed by atoms with van der Waals surface area (Å²) in [4.78, 5) is 51.7. The molecule has 2 aromatic carbocycles. The van der Waals surface area contributed by atoms with E-state index in [9.17, 15) is 24.0 Å². The Kier molecular flexibility index (Phi) is 35.4. The van der Waals surface area contributed by atoms with Gasteiger partial charge < -0.3 is 33.7 Å². The summed E-state index contributed by atoms with van der Waals surface area (Å²) < 4.78 is 28.1. The molecule has 0 aromatic heterocycles. The Hall–Kier alpha value is -5.91. The lowest BCUT2D eigenvalue weighted by Gasteiger charge is -2.05. The number of allylic oxidation sites excluding steroid dienone is 4. The van der Waals surface area contributed by atoms with Crippen LogP contribution in [-0.2, 0) is 42.9 Å². The average molecular weight is 684 g/mol. The molecular weight excluding hydrogens is 634 g/mol. The van der Waals surface area contributed by atoms with Gasteiger partial charge in [0.1, 0.15) is 23.9 Å². The number of alkyl carbamates (subject to hydrolysis) is 1. The molecule has 49 heavy (non-hydrogen) atoms. The number of hydrogen-bond donors (Lipinski definition) is 1. The molecule has 0 spiro atoms. The first kappa shape index (κ1) is 47.5. The quantitative estimate of drug-likeness (QED) is 0.0384. The highest BCUT2D eigenvalue weighted by Gasteiger charge is 2.03. The van der Waals surface area contributed by atoms with Gasteiger partial charge in [0.2, 0.25) is 0 Å². The summed E-state index contributed by atoms with van der Waals surface area (Å²) in [6, 6.07) is 21.5. The van der Waals surface area contributed by atoms with E-state index < -0.39 is 18.0 Å². The molecule has 12 nitrogen and oxygen atoms in total. The molecule has 0 heterocycles. The van der Waals surface area contributed by atoms with Crippen LogP contribution in [0.2, 0.25) is 0 Å². The molecular formula is C37H49NO11.